The van der Waals surface area contributed by atoms with E-state index in [4.69, 9.17) is 69.6 Å². The fraction of sp³-hybridized carbons (Fsp3) is 0.222. The molecule has 0 radical (unpaired) electrons. The lowest BCUT2D eigenvalue weighted by molar-refractivity contribution is -0.136. The lowest BCUT2D eigenvalue weighted by atomic mass is 9.69. The van der Waals surface area contributed by atoms with Crippen molar-refractivity contribution < 1.29 is 39.6 Å². The maximum atomic E-state index is 11.8. The van der Waals surface area contributed by atoms with Crippen LogP contribution < -0.4 is 0 Å². The summed E-state index contributed by atoms with van der Waals surface area (Å²) in [6, 6.07) is 2.87. The Balaban J connectivity index is 3.05. The molecular weight excluding hydrogens is 557 g/mol. The quantitative estimate of drug-likeness (QED) is 0.361. The zero-order valence-corrected chi connectivity index (χ0v) is 19.7. The van der Waals surface area contributed by atoms with Crippen molar-refractivity contribution in [1.82, 2.24) is 0 Å². The number of hydrogen-bond donors (Lipinski definition) is 4. The number of benzene rings is 1. The van der Waals surface area contributed by atoms with Crippen LogP contribution in [0.4, 0.5) is 0 Å². The van der Waals surface area contributed by atoms with Crippen LogP contribution in [0.25, 0.3) is 5.57 Å². The first-order chi connectivity index (χ1) is 14.5. The van der Waals surface area contributed by atoms with Gasteiger partial charge in [0.25, 0.3) is 0 Å². The lowest BCUT2D eigenvalue weighted by Crippen LogP contribution is -2.49. The molecule has 0 heterocycles. The molecule has 32 heavy (non-hydrogen) atoms. The number of hydrogen-bond acceptors (Lipinski definition) is 4. The maximum absolute atomic E-state index is 11.8. The highest BCUT2D eigenvalue weighted by Gasteiger charge is 2.65. The second-order valence-electron chi connectivity index (χ2n) is 6.51. The van der Waals surface area contributed by atoms with Gasteiger partial charge in [-0.15, -0.1) is 0 Å². The molecule has 0 saturated carbocycles. The van der Waals surface area contributed by atoms with E-state index >= 15 is 0 Å². The van der Waals surface area contributed by atoms with E-state index in [1.807, 2.05) is 0 Å². The molecule has 0 unspecified atom stereocenters. The van der Waals surface area contributed by atoms with Gasteiger partial charge in [0.05, 0.1) is 27.7 Å². The number of carbonyl (C=O) groups is 4. The summed E-state index contributed by atoms with van der Waals surface area (Å²) in [7, 11) is 0. The summed E-state index contributed by atoms with van der Waals surface area (Å²) in [5.41, 5.74) is -5.59. The zero-order valence-electron chi connectivity index (χ0n) is 15.2. The zero-order chi connectivity index (χ0) is 24.8. The van der Waals surface area contributed by atoms with E-state index in [2.05, 4.69) is 0 Å². The molecule has 1 aliphatic rings. The Hall–Kier alpha value is -1.68. The van der Waals surface area contributed by atoms with Crippen LogP contribution in [0, 0.1) is 5.41 Å². The summed E-state index contributed by atoms with van der Waals surface area (Å²) >= 11 is 36.9. The van der Waals surface area contributed by atoms with Gasteiger partial charge in [-0.1, -0.05) is 75.7 Å². The summed E-state index contributed by atoms with van der Waals surface area (Å²) in [6.45, 7) is 0. The summed E-state index contributed by atoms with van der Waals surface area (Å²) in [5, 5.41) is 37.7. The van der Waals surface area contributed by atoms with Gasteiger partial charge in [0.1, 0.15) is 0 Å². The molecule has 0 aliphatic heterocycles. The molecule has 1 aromatic carbocycles. The Labute approximate surface area is 209 Å². The van der Waals surface area contributed by atoms with Gasteiger partial charge in [0.15, 0.2) is 0 Å². The smallest absolute Gasteiger partial charge is 0.336 e. The van der Waals surface area contributed by atoms with Crippen molar-refractivity contribution in [1.29, 1.82) is 0 Å². The minimum absolute atomic E-state index is 0.173. The van der Waals surface area contributed by atoms with Crippen LogP contribution in [0.2, 0.25) is 0 Å². The molecule has 8 nitrogen and oxygen atoms in total. The predicted octanol–water partition coefficient (Wildman–Crippen LogP) is 5.06. The van der Waals surface area contributed by atoms with E-state index in [0.29, 0.717) is 0 Å². The van der Waals surface area contributed by atoms with Gasteiger partial charge in [-0.2, -0.15) is 0 Å². The van der Waals surface area contributed by atoms with Crippen LogP contribution in [0.5, 0.6) is 0 Å². The normalized spacial score (nSPS) is 16.4. The largest absolute Gasteiger partial charge is 0.478 e. The minimum Gasteiger partial charge on any atom is -0.478 e. The first kappa shape index (κ1) is 26.6. The van der Waals surface area contributed by atoms with Crippen LogP contribution in [-0.4, -0.2) is 51.9 Å². The average molecular weight is 567 g/mol. The van der Waals surface area contributed by atoms with Crippen molar-refractivity contribution in [3.8, 4) is 0 Å². The second kappa shape index (κ2) is 8.93. The molecule has 1 aromatic rings. The number of allylic oxidation sites excluding steroid dienone is 1. The summed E-state index contributed by atoms with van der Waals surface area (Å²) in [6.07, 6.45) is -0.0909. The third kappa shape index (κ3) is 4.53. The Morgan fingerprint density at radius 1 is 0.750 bits per heavy atom. The Morgan fingerprint density at radius 2 is 1.25 bits per heavy atom. The topological polar surface area (TPSA) is 149 Å². The fourth-order valence-corrected chi connectivity index (χ4v) is 5.56. The molecule has 1 aliphatic carbocycles. The van der Waals surface area contributed by atoms with Crippen molar-refractivity contribution in [2.24, 2.45) is 5.41 Å². The molecule has 0 spiro atoms. The molecule has 0 aromatic heterocycles. The van der Waals surface area contributed by atoms with E-state index in [-0.39, 0.29) is 11.1 Å². The van der Waals surface area contributed by atoms with Gasteiger partial charge in [-0.05, 0) is 35.8 Å². The minimum atomic E-state index is -2.57. The van der Waals surface area contributed by atoms with Crippen LogP contribution >= 0.6 is 69.6 Å². The second-order valence-corrected chi connectivity index (χ2v) is 11.1. The molecule has 2 rings (SSSR count). The highest BCUT2D eigenvalue weighted by Crippen LogP contribution is 2.67. The SMILES string of the molecule is O=C(O)C1=C(C(=O)O)CC(C(Cl)(Cl)Cl)(C(Cl)(Cl)Cl)C(c2ccc(C(=O)O)c(C(=O)O)c2)=C1. The number of aliphatic carboxylic acids is 2. The van der Waals surface area contributed by atoms with Gasteiger partial charge < -0.3 is 20.4 Å². The number of carboxylic acids is 4. The Bertz CT molecular complexity index is 1080. The molecule has 0 atom stereocenters. The Kier molecular flexibility index (Phi) is 7.41. The highest BCUT2D eigenvalue weighted by molar-refractivity contribution is 6.74. The van der Waals surface area contributed by atoms with Gasteiger partial charge in [0, 0.05) is 0 Å². The number of carboxylic acid groups (broad SMARTS) is 4. The summed E-state index contributed by atoms with van der Waals surface area (Å²) < 4.78 is -5.13. The van der Waals surface area contributed by atoms with E-state index in [1.165, 1.54) is 0 Å². The van der Waals surface area contributed by atoms with Crippen molar-refractivity contribution in [3.05, 3.63) is 52.1 Å². The average Bonchev–Trinajstić information content (AvgIpc) is 2.64. The number of halogens is 6. The monoisotopic (exact) mass is 564 g/mol. The molecule has 172 valence electrons. The predicted molar refractivity (Wildman–Crippen MR) is 118 cm³/mol. The summed E-state index contributed by atoms with van der Waals surface area (Å²) in [4.78, 5) is 46.5. The fourth-order valence-electron chi connectivity index (χ4n) is 3.26. The molecule has 0 saturated heterocycles. The number of rotatable bonds is 5. The van der Waals surface area contributed by atoms with Crippen LogP contribution in [0.1, 0.15) is 32.7 Å². The Morgan fingerprint density at radius 3 is 1.62 bits per heavy atom. The third-order valence-corrected chi connectivity index (χ3v) is 6.70. The molecule has 14 heteroatoms. The van der Waals surface area contributed by atoms with E-state index in [0.717, 1.165) is 24.3 Å². The van der Waals surface area contributed by atoms with Crippen LogP contribution in [-0.2, 0) is 9.59 Å². The van der Waals surface area contributed by atoms with Crippen LogP contribution in [0.15, 0.2) is 35.4 Å². The summed E-state index contributed by atoms with van der Waals surface area (Å²) in [5.74, 6) is -6.53. The molecule has 4 N–H and O–H groups in total. The van der Waals surface area contributed by atoms with Gasteiger partial charge in [-0.3, -0.25) is 0 Å². The molecular formula is C18H10Cl6O8. The third-order valence-electron chi connectivity index (χ3n) is 4.76. The number of alkyl halides is 6. The van der Waals surface area contributed by atoms with Crippen molar-refractivity contribution in [2.75, 3.05) is 0 Å². The van der Waals surface area contributed by atoms with Gasteiger partial charge in [-0.25, -0.2) is 19.2 Å². The van der Waals surface area contributed by atoms with E-state index in [9.17, 15) is 39.6 Å². The standard InChI is InChI=1S/C18H10Cl6O8/c19-17(20,21)16(18(22,23)24)5-10(15(31)32)9(14(29)30)4-11(16)6-1-2-7(12(25)26)8(3-6)13(27)28/h1-4H,5H2,(H,25,26)(H,27,28)(H,29,30)(H,31,32). The lowest BCUT2D eigenvalue weighted by Gasteiger charge is -2.48. The van der Waals surface area contributed by atoms with Crippen molar-refractivity contribution >= 4 is 99.1 Å². The van der Waals surface area contributed by atoms with Crippen LogP contribution in [0.3, 0.4) is 0 Å². The maximum Gasteiger partial charge on any atom is 0.336 e. The first-order valence-corrected chi connectivity index (χ1v) is 10.4. The molecule has 0 bridgehead atoms. The molecule has 0 fully saturated rings. The first-order valence-electron chi connectivity index (χ1n) is 8.12. The van der Waals surface area contributed by atoms with E-state index in [1.54, 1.807) is 0 Å². The number of aromatic carboxylic acids is 2. The van der Waals surface area contributed by atoms with Crippen molar-refractivity contribution in [3.63, 3.8) is 0 Å². The van der Waals surface area contributed by atoms with Gasteiger partial charge >= 0.3 is 23.9 Å². The van der Waals surface area contributed by atoms with E-state index < -0.39 is 65.6 Å². The highest BCUT2D eigenvalue weighted by atomic mass is 35.6. The molecule has 0 amide bonds. The van der Waals surface area contributed by atoms with Crippen molar-refractivity contribution in [2.45, 2.75) is 14.0 Å². The van der Waals surface area contributed by atoms with Gasteiger partial charge in [0.2, 0.25) is 7.59 Å².